The number of nitriles is 1. The quantitative estimate of drug-likeness (QED) is 0.190. The molecule has 0 aliphatic rings. The van der Waals surface area contributed by atoms with Crippen LogP contribution in [0.2, 0.25) is 10.0 Å². The van der Waals surface area contributed by atoms with Crippen LogP contribution in [0.5, 0.6) is 17.2 Å². The highest BCUT2D eigenvalue weighted by Gasteiger charge is 2.17. The van der Waals surface area contributed by atoms with Crippen molar-refractivity contribution in [2.24, 2.45) is 0 Å². The lowest BCUT2D eigenvalue weighted by molar-refractivity contribution is -0.112. The van der Waals surface area contributed by atoms with Gasteiger partial charge in [0, 0.05) is 22.7 Å². The highest BCUT2D eigenvalue weighted by molar-refractivity contribution is 6.32. The molecule has 6 nitrogen and oxygen atoms in total. The highest BCUT2D eigenvalue weighted by atomic mass is 35.5. The number of nitrogens with zero attached hydrogens (tertiary/aromatic N) is 1. The van der Waals surface area contributed by atoms with Gasteiger partial charge in [0.05, 0.1) is 24.9 Å². The Morgan fingerprint density at radius 3 is 2.46 bits per heavy atom. The Morgan fingerprint density at radius 1 is 0.946 bits per heavy atom. The van der Waals surface area contributed by atoms with Gasteiger partial charge in [0.1, 0.15) is 35.5 Å². The van der Waals surface area contributed by atoms with E-state index in [1.807, 2.05) is 48.5 Å². The largest absolute Gasteiger partial charge is 0.495 e. The summed E-state index contributed by atoms with van der Waals surface area (Å²) in [5, 5.41) is 15.4. The van der Waals surface area contributed by atoms with Crippen molar-refractivity contribution in [3.8, 4) is 23.3 Å². The van der Waals surface area contributed by atoms with Crippen molar-refractivity contribution in [1.29, 1.82) is 5.26 Å². The van der Waals surface area contributed by atoms with E-state index in [9.17, 15) is 10.1 Å². The Labute approximate surface area is 224 Å². The Bertz CT molecular complexity index is 1540. The van der Waals surface area contributed by atoms with E-state index in [2.05, 4.69) is 5.32 Å². The fourth-order valence-electron chi connectivity index (χ4n) is 3.79. The minimum Gasteiger partial charge on any atom is -0.495 e. The van der Waals surface area contributed by atoms with Crippen molar-refractivity contribution in [1.82, 2.24) is 0 Å². The van der Waals surface area contributed by atoms with E-state index < -0.39 is 5.91 Å². The third-order valence-electron chi connectivity index (χ3n) is 5.62. The van der Waals surface area contributed by atoms with Crippen molar-refractivity contribution in [3.63, 3.8) is 0 Å². The number of nitrogens with one attached hydrogen (secondary N) is 1. The maximum absolute atomic E-state index is 13.0. The van der Waals surface area contributed by atoms with Gasteiger partial charge >= 0.3 is 0 Å². The lowest BCUT2D eigenvalue weighted by Gasteiger charge is -2.14. The first kappa shape index (κ1) is 25.9. The standard InChI is InChI=1S/C29H22Cl2N2O4/c1-35-27-15-25(28(36-2)14-24(27)31)33-29(34)21(16-32)12-20-13-22(30)10-11-26(20)37-17-19-8-5-7-18-6-3-4-9-23(18)19/h3-15H,17H2,1-2H3,(H,33,34)/b21-12+. The van der Waals surface area contributed by atoms with Gasteiger partial charge in [0.15, 0.2) is 0 Å². The summed E-state index contributed by atoms with van der Waals surface area (Å²) in [4.78, 5) is 13.0. The number of anilines is 1. The number of hydrogen-bond acceptors (Lipinski definition) is 5. The molecule has 8 heteroatoms. The van der Waals surface area contributed by atoms with Crippen molar-refractivity contribution in [3.05, 3.63) is 99.5 Å². The average molecular weight is 533 g/mol. The summed E-state index contributed by atoms with van der Waals surface area (Å²) in [7, 11) is 2.90. The maximum Gasteiger partial charge on any atom is 0.266 e. The molecule has 0 saturated heterocycles. The zero-order chi connectivity index (χ0) is 26.4. The second-order valence-electron chi connectivity index (χ2n) is 7.92. The van der Waals surface area contributed by atoms with E-state index in [1.54, 1.807) is 18.2 Å². The zero-order valence-corrected chi connectivity index (χ0v) is 21.6. The number of ether oxygens (including phenoxy) is 3. The molecule has 0 heterocycles. The first-order valence-corrected chi connectivity index (χ1v) is 11.9. The molecule has 0 spiro atoms. The van der Waals surface area contributed by atoms with Gasteiger partial charge in [0.2, 0.25) is 0 Å². The van der Waals surface area contributed by atoms with Gasteiger partial charge in [-0.15, -0.1) is 0 Å². The fraction of sp³-hybridized carbons (Fsp3) is 0.103. The number of hydrogen-bond donors (Lipinski definition) is 1. The summed E-state index contributed by atoms with van der Waals surface area (Å²) >= 11 is 12.4. The average Bonchev–Trinajstić information content (AvgIpc) is 2.91. The maximum atomic E-state index is 13.0. The summed E-state index contributed by atoms with van der Waals surface area (Å²) in [5.74, 6) is 0.492. The van der Waals surface area contributed by atoms with Crippen LogP contribution < -0.4 is 19.5 Å². The molecular formula is C29H22Cl2N2O4. The number of halogens is 2. The van der Waals surface area contributed by atoms with Crippen LogP contribution in [0.4, 0.5) is 5.69 Å². The van der Waals surface area contributed by atoms with Crippen LogP contribution in [-0.4, -0.2) is 20.1 Å². The molecule has 0 unspecified atom stereocenters. The van der Waals surface area contributed by atoms with E-state index in [4.69, 9.17) is 37.4 Å². The molecule has 1 N–H and O–H groups in total. The molecular weight excluding hydrogens is 511 g/mol. The SMILES string of the molecule is COc1cc(NC(=O)/C(C#N)=C/c2cc(Cl)ccc2OCc2cccc3ccccc23)c(OC)cc1Cl. The van der Waals surface area contributed by atoms with Gasteiger partial charge in [-0.25, -0.2) is 0 Å². The van der Waals surface area contributed by atoms with Crippen LogP contribution in [-0.2, 0) is 11.4 Å². The molecule has 186 valence electrons. The molecule has 0 atom stereocenters. The van der Waals surface area contributed by atoms with Crippen molar-refractivity contribution in [2.75, 3.05) is 19.5 Å². The smallest absolute Gasteiger partial charge is 0.266 e. The molecule has 4 rings (SSSR count). The summed E-state index contributed by atoms with van der Waals surface area (Å²) in [6.45, 7) is 0.291. The van der Waals surface area contributed by atoms with Gasteiger partial charge in [-0.1, -0.05) is 65.7 Å². The van der Waals surface area contributed by atoms with Gasteiger partial charge < -0.3 is 19.5 Å². The van der Waals surface area contributed by atoms with Crippen LogP contribution in [0, 0.1) is 11.3 Å². The topological polar surface area (TPSA) is 80.6 Å². The normalized spacial score (nSPS) is 11.1. The molecule has 0 aliphatic heterocycles. The Kier molecular flexibility index (Phi) is 8.19. The van der Waals surface area contributed by atoms with Crippen LogP contribution in [0.15, 0.2) is 78.4 Å². The van der Waals surface area contributed by atoms with E-state index >= 15 is 0 Å². The molecule has 4 aromatic rings. The van der Waals surface area contributed by atoms with E-state index in [0.29, 0.717) is 45.2 Å². The summed E-state index contributed by atoms with van der Waals surface area (Å²) in [6, 6.07) is 24.1. The molecule has 1 amide bonds. The lowest BCUT2D eigenvalue weighted by Crippen LogP contribution is -2.14. The van der Waals surface area contributed by atoms with E-state index in [0.717, 1.165) is 16.3 Å². The van der Waals surface area contributed by atoms with Gasteiger partial charge in [-0.2, -0.15) is 5.26 Å². The fourth-order valence-corrected chi connectivity index (χ4v) is 4.20. The minimum absolute atomic E-state index is 0.159. The molecule has 0 aromatic heterocycles. The molecule has 0 aliphatic carbocycles. The van der Waals surface area contributed by atoms with Gasteiger partial charge in [-0.3, -0.25) is 4.79 Å². The second kappa shape index (κ2) is 11.7. The Balaban J connectivity index is 1.61. The van der Waals surface area contributed by atoms with Crippen LogP contribution in [0.3, 0.4) is 0 Å². The van der Waals surface area contributed by atoms with Crippen LogP contribution in [0.25, 0.3) is 16.8 Å². The van der Waals surface area contributed by atoms with E-state index in [-0.39, 0.29) is 5.57 Å². The highest BCUT2D eigenvalue weighted by Crippen LogP contribution is 2.36. The number of carbonyl (C=O) groups excluding carboxylic acids is 1. The molecule has 0 fully saturated rings. The zero-order valence-electron chi connectivity index (χ0n) is 20.0. The summed E-state index contributed by atoms with van der Waals surface area (Å²) < 4.78 is 16.6. The van der Waals surface area contributed by atoms with Crippen molar-refractivity contribution >= 4 is 51.6 Å². The first-order chi connectivity index (χ1) is 17.9. The third kappa shape index (κ3) is 5.97. The number of fused-ring (bicyclic) bond motifs is 1. The predicted octanol–water partition coefficient (Wildman–Crippen LogP) is 7.29. The monoisotopic (exact) mass is 532 g/mol. The Hall–Kier alpha value is -4.18. The molecule has 37 heavy (non-hydrogen) atoms. The van der Waals surface area contributed by atoms with Crippen LogP contribution in [0.1, 0.15) is 11.1 Å². The van der Waals surface area contributed by atoms with E-state index in [1.165, 1.54) is 32.4 Å². The van der Waals surface area contributed by atoms with Crippen molar-refractivity contribution in [2.45, 2.75) is 6.61 Å². The predicted molar refractivity (Wildman–Crippen MR) is 147 cm³/mol. The lowest BCUT2D eigenvalue weighted by atomic mass is 10.1. The number of methoxy groups -OCH3 is 2. The molecule has 0 radical (unpaired) electrons. The van der Waals surface area contributed by atoms with Crippen molar-refractivity contribution < 1.29 is 19.0 Å². The number of rotatable bonds is 8. The first-order valence-electron chi connectivity index (χ1n) is 11.2. The molecule has 4 aromatic carbocycles. The number of benzene rings is 4. The number of carbonyl (C=O) groups is 1. The molecule has 0 saturated carbocycles. The summed E-state index contributed by atoms with van der Waals surface area (Å²) in [6.07, 6.45) is 1.43. The number of amides is 1. The summed E-state index contributed by atoms with van der Waals surface area (Å²) in [5.41, 5.74) is 1.63. The second-order valence-corrected chi connectivity index (χ2v) is 8.76. The molecule has 0 bridgehead atoms. The van der Waals surface area contributed by atoms with Gasteiger partial charge in [0.25, 0.3) is 5.91 Å². The minimum atomic E-state index is -0.648. The third-order valence-corrected chi connectivity index (χ3v) is 6.15. The Morgan fingerprint density at radius 2 is 1.70 bits per heavy atom. The van der Waals surface area contributed by atoms with Gasteiger partial charge in [-0.05, 0) is 40.6 Å². The van der Waals surface area contributed by atoms with Crippen LogP contribution >= 0.6 is 23.2 Å².